The van der Waals surface area contributed by atoms with Crippen molar-refractivity contribution in [2.24, 2.45) is 0 Å². The van der Waals surface area contributed by atoms with E-state index in [2.05, 4.69) is 20.5 Å². The van der Waals surface area contributed by atoms with Crippen LogP contribution in [0.15, 0.2) is 30.3 Å². The Morgan fingerprint density at radius 2 is 2.12 bits per heavy atom. The third kappa shape index (κ3) is 3.04. The molecule has 0 aliphatic rings. The first-order chi connectivity index (χ1) is 8.25. The Morgan fingerprint density at radius 3 is 2.76 bits per heavy atom. The molecule has 4 N–H and O–H groups in total. The van der Waals surface area contributed by atoms with Gasteiger partial charge in [0.15, 0.2) is 0 Å². The van der Waals surface area contributed by atoms with Gasteiger partial charge in [-0.05, 0) is 12.1 Å². The maximum Gasteiger partial charge on any atom is 0.251 e. The predicted molar refractivity (Wildman–Crippen MR) is 63.3 cm³/mol. The Balaban J connectivity index is 1.81. The van der Waals surface area contributed by atoms with Crippen LogP contribution in [-0.2, 0) is 6.42 Å². The molecular formula is C11H13N5O. The van der Waals surface area contributed by atoms with Gasteiger partial charge in [0.05, 0.1) is 0 Å². The molecule has 2 aromatic rings. The predicted octanol–water partition coefficient (Wildman–Crippen LogP) is 0.359. The van der Waals surface area contributed by atoms with Crippen LogP contribution in [0.1, 0.15) is 16.2 Å². The maximum absolute atomic E-state index is 11.7. The lowest BCUT2D eigenvalue weighted by atomic mass is 10.2. The minimum absolute atomic E-state index is 0.0990. The molecule has 1 heterocycles. The van der Waals surface area contributed by atoms with E-state index in [9.17, 15) is 4.79 Å². The van der Waals surface area contributed by atoms with Crippen molar-refractivity contribution in [3.8, 4) is 0 Å². The van der Waals surface area contributed by atoms with Gasteiger partial charge in [0.2, 0.25) is 5.95 Å². The van der Waals surface area contributed by atoms with Crippen LogP contribution in [0.5, 0.6) is 0 Å². The Bertz CT molecular complexity index is 494. The fourth-order valence-corrected chi connectivity index (χ4v) is 1.41. The van der Waals surface area contributed by atoms with Crippen LogP contribution in [0.2, 0.25) is 0 Å². The second-order valence-electron chi connectivity index (χ2n) is 3.51. The molecule has 6 nitrogen and oxygen atoms in total. The third-order valence-electron chi connectivity index (χ3n) is 2.23. The summed E-state index contributed by atoms with van der Waals surface area (Å²) in [5.41, 5.74) is 6.00. The summed E-state index contributed by atoms with van der Waals surface area (Å²) >= 11 is 0. The van der Waals surface area contributed by atoms with Crippen LogP contribution >= 0.6 is 0 Å². The van der Waals surface area contributed by atoms with E-state index in [1.807, 2.05) is 18.2 Å². The van der Waals surface area contributed by atoms with Crippen LogP contribution in [0.3, 0.4) is 0 Å². The van der Waals surface area contributed by atoms with E-state index in [-0.39, 0.29) is 11.9 Å². The van der Waals surface area contributed by atoms with Gasteiger partial charge < -0.3 is 11.1 Å². The van der Waals surface area contributed by atoms with E-state index < -0.39 is 0 Å². The van der Waals surface area contributed by atoms with E-state index in [4.69, 9.17) is 5.73 Å². The number of aromatic nitrogens is 3. The second kappa shape index (κ2) is 5.11. The molecule has 17 heavy (non-hydrogen) atoms. The van der Waals surface area contributed by atoms with Crippen LogP contribution in [-0.4, -0.2) is 27.6 Å². The van der Waals surface area contributed by atoms with Gasteiger partial charge in [-0.1, -0.05) is 18.2 Å². The van der Waals surface area contributed by atoms with Crippen molar-refractivity contribution in [3.63, 3.8) is 0 Å². The number of carbonyl (C=O) groups excluding carboxylic acids is 1. The van der Waals surface area contributed by atoms with Gasteiger partial charge in [0.1, 0.15) is 5.82 Å². The highest BCUT2D eigenvalue weighted by Gasteiger charge is 2.04. The molecule has 1 aromatic heterocycles. The van der Waals surface area contributed by atoms with E-state index in [1.54, 1.807) is 12.1 Å². The average molecular weight is 231 g/mol. The van der Waals surface area contributed by atoms with Gasteiger partial charge in [0, 0.05) is 18.5 Å². The zero-order valence-electron chi connectivity index (χ0n) is 9.18. The van der Waals surface area contributed by atoms with Crippen molar-refractivity contribution in [3.05, 3.63) is 41.7 Å². The number of rotatable bonds is 4. The fourth-order valence-electron chi connectivity index (χ4n) is 1.41. The van der Waals surface area contributed by atoms with Gasteiger partial charge in [-0.15, -0.1) is 5.10 Å². The Morgan fingerprint density at radius 1 is 1.35 bits per heavy atom. The van der Waals surface area contributed by atoms with E-state index >= 15 is 0 Å². The molecule has 0 unspecified atom stereocenters. The van der Waals surface area contributed by atoms with Crippen molar-refractivity contribution in [2.45, 2.75) is 6.42 Å². The van der Waals surface area contributed by atoms with Crippen molar-refractivity contribution >= 4 is 11.9 Å². The van der Waals surface area contributed by atoms with Crippen LogP contribution in [0, 0.1) is 0 Å². The summed E-state index contributed by atoms with van der Waals surface area (Å²) in [7, 11) is 0. The van der Waals surface area contributed by atoms with Crippen LogP contribution in [0.4, 0.5) is 5.95 Å². The molecule has 0 fully saturated rings. The molecule has 1 amide bonds. The second-order valence-corrected chi connectivity index (χ2v) is 3.51. The number of nitrogens with two attached hydrogens (primary N) is 1. The highest BCUT2D eigenvalue weighted by atomic mass is 16.1. The lowest BCUT2D eigenvalue weighted by molar-refractivity contribution is 0.0954. The zero-order valence-corrected chi connectivity index (χ0v) is 9.18. The Labute approximate surface area is 98.3 Å². The van der Waals surface area contributed by atoms with Gasteiger partial charge in [0.25, 0.3) is 5.91 Å². The van der Waals surface area contributed by atoms with Gasteiger partial charge in [-0.3, -0.25) is 9.89 Å². The smallest absolute Gasteiger partial charge is 0.251 e. The summed E-state index contributed by atoms with van der Waals surface area (Å²) in [4.78, 5) is 15.6. The standard InChI is InChI=1S/C11H13N5O/c12-11-14-9(15-16-11)6-7-13-10(17)8-4-2-1-3-5-8/h1-5H,6-7H2,(H,13,17)(H3,12,14,15,16). The summed E-state index contributed by atoms with van der Waals surface area (Å²) in [5, 5.41) is 9.17. The lowest BCUT2D eigenvalue weighted by Gasteiger charge is -2.03. The molecule has 0 radical (unpaired) electrons. The van der Waals surface area contributed by atoms with Crippen molar-refractivity contribution < 1.29 is 4.79 Å². The largest absolute Gasteiger partial charge is 0.367 e. The maximum atomic E-state index is 11.7. The first-order valence-corrected chi connectivity index (χ1v) is 5.26. The minimum Gasteiger partial charge on any atom is -0.367 e. The monoisotopic (exact) mass is 231 g/mol. The van der Waals surface area contributed by atoms with Crippen molar-refractivity contribution in [2.75, 3.05) is 12.3 Å². The average Bonchev–Trinajstić information content (AvgIpc) is 2.76. The van der Waals surface area contributed by atoms with Crippen LogP contribution in [0.25, 0.3) is 0 Å². The van der Waals surface area contributed by atoms with Gasteiger partial charge in [-0.25, -0.2) is 0 Å². The molecule has 88 valence electrons. The molecule has 0 saturated carbocycles. The molecule has 0 aliphatic heterocycles. The number of amides is 1. The first-order valence-electron chi connectivity index (χ1n) is 5.26. The molecule has 1 aromatic carbocycles. The number of carbonyl (C=O) groups is 1. The highest BCUT2D eigenvalue weighted by molar-refractivity contribution is 5.94. The molecule has 2 rings (SSSR count). The first kappa shape index (κ1) is 11.1. The SMILES string of the molecule is Nc1n[nH]c(CCNC(=O)c2ccccc2)n1. The molecule has 0 spiro atoms. The number of anilines is 1. The number of H-pyrrole nitrogens is 1. The van der Waals surface area contributed by atoms with E-state index in [0.29, 0.717) is 24.4 Å². The number of nitrogen functional groups attached to an aromatic ring is 1. The molecule has 0 atom stereocenters. The quantitative estimate of drug-likeness (QED) is 0.707. The normalized spacial score (nSPS) is 10.1. The number of nitrogens with one attached hydrogen (secondary N) is 2. The molecular weight excluding hydrogens is 218 g/mol. The molecule has 0 bridgehead atoms. The fraction of sp³-hybridized carbons (Fsp3) is 0.182. The van der Waals surface area contributed by atoms with Crippen molar-refractivity contribution in [1.29, 1.82) is 0 Å². The van der Waals surface area contributed by atoms with Crippen molar-refractivity contribution in [1.82, 2.24) is 20.5 Å². The number of hydrogen-bond donors (Lipinski definition) is 3. The van der Waals surface area contributed by atoms with Gasteiger partial charge >= 0.3 is 0 Å². The third-order valence-corrected chi connectivity index (χ3v) is 2.23. The van der Waals surface area contributed by atoms with Gasteiger partial charge in [-0.2, -0.15) is 4.98 Å². The number of nitrogens with zero attached hydrogens (tertiary/aromatic N) is 2. The minimum atomic E-state index is -0.0990. The summed E-state index contributed by atoms with van der Waals surface area (Å²) < 4.78 is 0. The summed E-state index contributed by atoms with van der Waals surface area (Å²) in [6.07, 6.45) is 0.572. The summed E-state index contributed by atoms with van der Waals surface area (Å²) in [5.74, 6) is 0.781. The van der Waals surface area contributed by atoms with E-state index in [0.717, 1.165) is 0 Å². The van der Waals surface area contributed by atoms with Crippen LogP contribution < -0.4 is 11.1 Å². The number of aromatic amines is 1. The topological polar surface area (TPSA) is 96.7 Å². The number of hydrogen-bond acceptors (Lipinski definition) is 4. The molecule has 6 heteroatoms. The number of benzene rings is 1. The highest BCUT2D eigenvalue weighted by Crippen LogP contribution is 1.98. The summed E-state index contributed by atoms with van der Waals surface area (Å²) in [6.45, 7) is 0.488. The Kier molecular flexibility index (Phi) is 3.34. The Hall–Kier alpha value is -2.37. The lowest BCUT2D eigenvalue weighted by Crippen LogP contribution is -2.25. The van der Waals surface area contributed by atoms with E-state index in [1.165, 1.54) is 0 Å². The molecule has 0 aliphatic carbocycles. The summed E-state index contributed by atoms with van der Waals surface area (Å²) in [6, 6.07) is 9.05. The zero-order chi connectivity index (χ0) is 12.1. The molecule has 0 saturated heterocycles.